The lowest BCUT2D eigenvalue weighted by Gasteiger charge is -2.31. The Kier molecular flexibility index (Phi) is 9.68. The van der Waals surface area contributed by atoms with Crippen LogP contribution in [0.2, 0.25) is 0 Å². The topological polar surface area (TPSA) is 93.6 Å². The highest BCUT2D eigenvalue weighted by molar-refractivity contribution is 6.13. The van der Waals surface area contributed by atoms with Gasteiger partial charge >= 0.3 is 0 Å². The molecule has 1 fully saturated rings. The van der Waals surface area contributed by atoms with Crippen molar-refractivity contribution in [2.24, 2.45) is 0 Å². The van der Waals surface area contributed by atoms with E-state index in [1.807, 2.05) is 69.7 Å². The summed E-state index contributed by atoms with van der Waals surface area (Å²) in [4.78, 5) is 19.3. The largest absolute Gasteiger partial charge is 0.497 e. The molecule has 36 heavy (non-hydrogen) atoms. The van der Waals surface area contributed by atoms with Crippen molar-refractivity contribution in [1.82, 2.24) is 9.88 Å². The number of ether oxygens (including phenoxy) is 1. The molecule has 0 spiro atoms. The second kappa shape index (κ2) is 13.1. The van der Waals surface area contributed by atoms with E-state index in [2.05, 4.69) is 32.7 Å². The van der Waals surface area contributed by atoms with Crippen LogP contribution in [0.5, 0.6) is 5.75 Å². The summed E-state index contributed by atoms with van der Waals surface area (Å²) in [6.45, 7) is 1.46. The van der Waals surface area contributed by atoms with Crippen LogP contribution >= 0.6 is 0 Å². The van der Waals surface area contributed by atoms with E-state index in [0.29, 0.717) is 18.1 Å². The standard InChI is InChI=1S/C19H22N4O2.C9H14N2/c1-25-16-7-2-5-14(11-16)18(20)17-8-3-9-21-19(17)22-15-6-4-10-23(12-15)13-24;1-10-8-5-4-6-9(7-8)11(2)3/h2-3,5,7-9,11,13,15,20H,4,6,10,12H2,1H3,(H,21,22);4-7,10H,1-3H3. The molecule has 0 aliphatic carbocycles. The molecule has 1 aromatic heterocycles. The van der Waals surface area contributed by atoms with Crippen molar-refractivity contribution >= 4 is 29.3 Å². The predicted molar refractivity (Wildman–Crippen MR) is 148 cm³/mol. The van der Waals surface area contributed by atoms with E-state index in [4.69, 9.17) is 10.1 Å². The van der Waals surface area contributed by atoms with Gasteiger partial charge in [0, 0.05) is 69.0 Å². The molecular formula is C28H36N6O2. The van der Waals surface area contributed by atoms with Gasteiger partial charge in [-0.15, -0.1) is 0 Å². The van der Waals surface area contributed by atoms with Crippen molar-refractivity contribution in [2.75, 3.05) is 56.9 Å². The Labute approximate surface area is 213 Å². The molecule has 8 nitrogen and oxygen atoms in total. The minimum atomic E-state index is 0.144. The maximum atomic E-state index is 11.0. The van der Waals surface area contributed by atoms with Gasteiger partial charge in [-0.3, -0.25) is 10.2 Å². The first-order chi connectivity index (χ1) is 17.4. The Morgan fingerprint density at radius 3 is 2.69 bits per heavy atom. The molecule has 0 radical (unpaired) electrons. The van der Waals surface area contributed by atoms with Crippen LogP contribution in [0.15, 0.2) is 66.9 Å². The molecule has 4 rings (SSSR count). The summed E-state index contributed by atoms with van der Waals surface area (Å²) in [6, 6.07) is 19.6. The van der Waals surface area contributed by atoms with Crippen molar-refractivity contribution in [2.45, 2.75) is 18.9 Å². The number of rotatable bonds is 8. The van der Waals surface area contributed by atoms with Crippen molar-refractivity contribution in [3.8, 4) is 5.75 Å². The van der Waals surface area contributed by atoms with Crippen LogP contribution in [-0.2, 0) is 4.79 Å². The Balaban J connectivity index is 0.000000275. The summed E-state index contributed by atoms with van der Waals surface area (Å²) >= 11 is 0. The van der Waals surface area contributed by atoms with Crippen molar-refractivity contribution < 1.29 is 9.53 Å². The monoisotopic (exact) mass is 488 g/mol. The van der Waals surface area contributed by atoms with Gasteiger partial charge < -0.3 is 25.2 Å². The highest BCUT2D eigenvalue weighted by atomic mass is 16.5. The highest BCUT2D eigenvalue weighted by Gasteiger charge is 2.21. The second-order valence-corrected chi connectivity index (χ2v) is 8.79. The lowest BCUT2D eigenvalue weighted by Crippen LogP contribution is -2.41. The van der Waals surface area contributed by atoms with Crippen LogP contribution in [0.25, 0.3) is 0 Å². The predicted octanol–water partition coefficient (Wildman–Crippen LogP) is 4.33. The van der Waals surface area contributed by atoms with Crippen LogP contribution in [0, 0.1) is 5.41 Å². The fourth-order valence-corrected chi connectivity index (χ4v) is 4.01. The van der Waals surface area contributed by atoms with Crippen molar-refractivity contribution in [1.29, 1.82) is 5.41 Å². The summed E-state index contributed by atoms with van der Waals surface area (Å²) in [7, 11) is 7.61. The summed E-state index contributed by atoms with van der Waals surface area (Å²) in [6.07, 6.45) is 4.55. The number of carbonyl (C=O) groups excluding carboxylic acids is 1. The Morgan fingerprint density at radius 2 is 1.97 bits per heavy atom. The Hall–Kier alpha value is -4.07. The zero-order chi connectivity index (χ0) is 25.9. The smallest absolute Gasteiger partial charge is 0.209 e. The number of nitrogens with one attached hydrogen (secondary N) is 3. The fourth-order valence-electron chi connectivity index (χ4n) is 4.01. The average Bonchev–Trinajstić information content (AvgIpc) is 2.93. The molecule has 2 aromatic carbocycles. The third-order valence-corrected chi connectivity index (χ3v) is 6.03. The number of anilines is 3. The van der Waals surface area contributed by atoms with E-state index in [0.717, 1.165) is 48.4 Å². The Bertz CT molecular complexity index is 1150. The number of nitrogens with zero attached hydrogens (tertiary/aromatic N) is 3. The van der Waals surface area contributed by atoms with E-state index >= 15 is 0 Å². The van der Waals surface area contributed by atoms with E-state index in [1.54, 1.807) is 18.2 Å². The first-order valence-electron chi connectivity index (χ1n) is 12.0. The Morgan fingerprint density at radius 1 is 1.17 bits per heavy atom. The molecule has 1 aliphatic heterocycles. The average molecular weight is 489 g/mol. The number of hydrogen-bond acceptors (Lipinski definition) is 7. The van der Waals surface area contributed by atoms with Gasteiger partial charge in [0.25, 0.3) is 0 Å². The number of piperidine rings is 1. The summed E-state index contributed by atoms with van der Waals surface area (Å²) < 4.78 is 5.25. The van der Waals surface area contributed by atoms with Crippen molar-refractivity contribution in [3.63, 3.8) is 0 Å². The molecule has 0 bridgehead atoms. The number of carbonyl (C=O) groups is 1. The van der Waals surface area contributed by atoms with Gasteiger partial charge in [0.1, 0.15) is 11.6 Å². The molecule has 0 saturated carbocycles. The third kappa shape index (κ3) is 7.21. The van der Waals surface area contributed by atoms with Crippen LogP contribution in [0.4, 0.5) is 17.2 Å². The van der Waals surface area contributed by atoms with Gasteiger partial charge in [0.2, 0.25) is 6.41 Å². The minimum Gasteiger partial charge on any atom is -0.497 e. The number of likely N-dealkylation sites (tertiary alicyclic amines) is 1. The number of aromatic nitrogens is 1. The zero-order valence-electron chi connectivity index (χ0n) is 21.5. The van der Waals surface area contributed by atoms with E-state index < -0.39 is 0 Å². The normalized spacial score (nSPS) is 14.7. The van der Waals surface area contributed by atoms with Crippen molar-refractivity contribution in [3.05, 3.63) is 78.0 Å². The molecule has 1 aliphatic rings. The molecule has 1 saturated heterocycles. The molecule has 1 unspecified atom stereocenters. The zero-order valence-corrected chi connectivity index (χ0v) is 21.5. The highest BCUT2D eigenvalue weighted by Crippen LogP contribution is 2.22. The minimum absolute atomic E-state index is 0.144. The lowest BCUT2D eigenvalue weighted by atomic mass is 10.0. The first-order valence-corrected chi connectivity index (χ1v) is 12.0. The molecular weight excluding hydrogens is 452 g/mol. The number of hydrogen-bond donors (Lipinski definition) is 3. The van der Waals surface area contributed by atoms with Gasteiger partial charge in [-0.1, -0.05) is 18.2 Å². The number of benzene rings is 2. The summed E-state index contributed by atoms with van der Waals surface area (Å²) in [5.74, 6) is 1.39. The lowest BCUT2D eigenvalue weighted by molar-refractivity contribution is -0.119. The van der Waals surface area contributed by atoms with E-state index in [-0.39, 0.29) is 6.04 Å². The van der Waals surface area contributed by atoms with Crippen LogP contribution in [0.3, 0.4) is 0 Å². The molecule has 1 atom stereocenters. The van der Waals surface area contributed by atoms with Gasteiger partial charge in [-0.05, 0) is 55.3 Å². The van der Waals surface area contributed by atoms with Crippen LogP contribution in [-0.4, -0.2) is 69.4 Å². The molecule has 2 heterocycles. The number of amides is 1. The molecule has 190 valence electrons. The summed E-state index contributed by atoms with van der Waals surface area (Å²) in [5.41, 5.74) is 4.26. The third-order valence-electron chi connectivity index (χ3n) is 6.03. The number of methoxy groups -OCH3 is 1. The number of pyridine rings is 1. The summed E-state index contributed by atoms with van der Waals surface area (Å²) in [5, 5.41) is 15.1. The quantitative estimate of drug-likeness (QED) is 0.323. The van der Waals surface area contributed by atoms with E-state index in [9.17, 15) is 4.79 Å². The van der Waals surface area contributed by atoms with Gasteiger partial charge in [0.05, 0.1) is 12.8 Å². The molecule has 3 N–H and O–H groups in total. The SMILES string of the molecule is CNc1cccc(N(C)C)c1.COc1cccc(C(=N)c2cccnc2NC2CCCN(C=O)C2)c1. The maximum Gasteiger partial charge on any atom is 0.209 e. The van der Waals surface area contributed by atoms with Crippen LogP contribution < -0.4 is 20.3 Å². The molecule has 8 heteroatoms. The van der Waals surface area contributed by atoms with E-state index in [1.165, 1.54) is 5.69 Å². The van der Waals surface area contributed by atoms with Crippen LogP contribution in [0.1, 0.15) is 24.0 Å². The first kappa shape index (κ1) is 26.5. The molecule has 3 aromatic rings. The van der Waals surface area contributed by atoms with Gasteiger partial charge in [-0.2, -0.15) is 0 Å². The fraction of sp³-hybridized carbons (Fsp3) is 0.321. The molecule has 1 amide bonds. The van der Waals surface area contributed by atoms with Gasteiger partial charge in [0.15, 0.2) is 0 Å². The maximum absolute atomic E-state index is 11.0. The second-order valence-electron chi connectivity index (χ2n) is 8.79. The van der Waals surface area contributed by atoms with Gasteiger partial charge in [-0.25, -0.2) is 4.98 Å².